The van der Waals surface area contributed by atoms with Gasteiger partial charge in [0, 0.05) is 11.6 Å². The standard InChI is InChI=1S/C10H19NO/c1-8(11)10(7-12)9-5-3-2-4-6-9/h9-12H,2-7H2,1H3. The number of rotatable bonds is 3. The third-order valence-electron chi connectivity index (χ3n) is 2.97. The van der Waals surface area contributed by atoms with E-state index in [9.17, 15) is 0 Å². The zero-order chi connectivity index (χ0) is 8.97. The predicted molar refractivity (Wildman–Crippen MR) is 50.6 cm³/mol. The highest BCUT2D eigenvalue weighted by atomic mass is 16.3. The first-order valence-corrected chi connectivity index (χ1v) is 4.91. The van der Waals surface area contributed by atoms with Crippen LogP contribution in [0.5, 0.6) is 0 Å². The van der Waals surface area contributed by atoms with Gasteiger partial charge in [-0.1, -0.05) is 19.3 Å². The molecule has 1 atom stereocenters. The molecule has 0 radical (unpaired) electrons. The molecule has 0 amide bonds. The minimum Gasteiger partial charge on any atom is -0.396 e. The van der Waals surface area contributed by atoms with Crippen molar-refractivity contribution in [2.75, 3.05) is 6.61 Å². The summed E-state index contributed by atoms with van der Waals surface area (Å²) in [4.78, 5) is 0. The van der Waals surface area contributed by atoms with Gasteiger partial charge in [-0.3, -0.25) is 0 Å². The summed E-state index contributed by atoms with van der Waals surface area (Å²) in [6.45, 7) is 1.98. The van der Waals surface area contributed by atoms with Crippen molar-refractivity contribution in [3.63, 3.8) is 0 Å². The van der Waals surface area contributed by atoms with E-state index in [0.717, 1.165) is 0 Å². The molecule has 0 spiro atoms. The molecule has 0 saturated heterocycles. The molecule has 0 aliphatic heterocycles. The summed E-state index contributed by atoms with van der Waals surface area (Å²) in [5, 5.41) is 16.6. The maximum atomic E-state index is 9.11. The molecule has 12 heavy (non-hydrogen) atoms. The van der Waals surface area contributed by atoms with Crippen molar-refractivity contribution >= 4 is 5.71 Å². The Morgan fingerprint density at radius 1 is 1.42 bits per heavy atom. The largest absolute Gasteiger partial charge is 0.396 e. The number of aliphatic hydroxyl groups is 1. The smallest absolute Gasteiger partial charge is 0.0513 e. The van der Waals surface area contributed by atoms with Gasteiger partial charge in [-0.15, -0.1) is 0 Å². The molecule has 1 aliphatic carbocycles. The molecule has 1 rings (SSSR count). The Labute approximate surface area is 74.5 Å². The van der Waals surface area contributed by atoms with E-state index >= 15 is 0 Å². The Morgan fingerprint density at radius 2 is 2.00 bits per heavy atom. The maximum absolute atomic E-state index is 9.11. The first-order valence-electron chi connectivity index (χ1n) is 4.91. The van der Waals surface area contributed by atoms with E-state index < -0.39 is 0 Å². The monoisotopic (exact) mass is 169 g/mol. The van der Waals surface area contributed by atoms with Crippen molar-refractivity contribution in [1.82, 2.24) is 0 Å². The van der Waals surface area contributed by atoms with Crippen LogP contribution in [0.2, 0.25) is 0 Å². The zero-order valence-corrected chi connectivity index (χ0v) is 7.84. The third kappa shape index (κ3) is 2.31. The van der Waals surface area contributed by atoms with E-state index in [2.05, 4.69) is 0 Å². The van der Waals surface area contributed by atoms with Gasteiger partial charge >= 0.3 is 0 Å². The van der Waals surface area contributed by atoms with Crippen molar-refractivity contribution in [1.29, 1.82) is 5.41 Å². The molecule has 0 aromatic rings. The summed E-state index contributed by atoms with van der Waals surface area (Å²) < 4.78 is 0. The Balaban J connectivity index is 2.46. The van der Waals surface area contributed by atoms with Crippen molar-refractivity contribution in [2.45, 2.75) is 39.0 Å². The van der Waals surface area contributed by atoms with Crippen LogP contribution in [0.1, 0.15) is 39.0 Å². The lowest BCUT2D eigenvalue weighted by molar-refractivity contribution is 0.190. The fourth-order valence-corrected chi connectivity index (χ4v) is 2.18. The topological polar surface area (TPSA) is 44.1 Å². The second-order valence-electron chi connectivity index (χ2n) is 3.87. The molecular formula is C10H19NO. The molecule has 0 aromatic heterocycles. The fourth-order valence-electron chi connectivity index (χ4n) is 2.18. The maximum Gasteiger partial charge on any atom is 0.0513 e. The van der Waals surface area contributed by atoms with E-state index in [1.807, 2.05) is 6.92 Å². The molecule has 2 N–H and O–H groups in total. The van der Waals surface area contributed by atoms with Gasteiger partial charge in [-0.2, -0.15) is 0 Å². The molecule has 1 aliphatic rings. The first kappa shape index (κ1) is 9.72. The van der Waals surface area contributed by atoms with Crippen LogP contribution in [-0.2, 0) is 0 Å². The van der Waals surface area contributed by atoms with Gasteiger partial charge in [0.05, 0.1) is 6.61 Å². The average molecular weight is 169 g/mol. The van der Waals surface area contributed by atoms with E-state index in [-0.39, 0.29) is 12.5 Å². The quantitative estimate of drug-likeness (QED) is 0.625. The lowest BCUT2D eigenvalue weighted by Gasteiger charge is -2.28. The van der Waals surface area contributed by atoms with Gasteiger partial charge in [0.2, 0.25) is 0 Å². The van der Waals surface area contributed by atoms with Crippen LogP contribution in [0.15, 0.2) is 0 Å². The summed E-state index contributed by atoms with van der Waals surface area (Å²) in [7, 11) is 0. The van der Waals surface area contributed by atoms with E-state index in [1.54, 1.807) is 0 Å². The molecule has 0 aromatic carbocycles. The number of nitrogens with one attached hydrogen (secondary N) is 1. The predicted octanol–water partition coefficient (Wildman–Crippen LogP) is 2.21. The highest BCUT2D eigenvalue weighted by Gasteiger charge is 2.24. The van der Waals surface area contributed by atoms with Crippen LogP contribution < -0.4 is 0 Å². The van der Waals surface area contributed by atoms with Gasteiger partial charge in [0.1, 0.15) is 0 Å². The summed E-state index contributed by atoms with van der Waals surface area (Å²) in [6, 6.07) is 0. The van der Waals surface area contributed by atoms with Crippen molar-refractivity contribution in [3.05, 3.63) is 0 Å². The summed E-state index contributed by atoms with van der Waals surface area (Å²) in [5.41, 5.74) is 0.657. The van der Waals surface area contributed by atoms with E-state index in [1.165, 1.54) is 32.1 Å². The van der Waals surface area contributed by atoms with Gasteiger partial charge in [0.15, 0.2) is 0 Å². The van der Waals surface area contributed by atoms with Crippen LogP contribution in [-0.4, -0.2) is 17.4 Å². The first-order chi connectivity index (χ1) is 5.75. The SMILES string of the molecule is CC(=N)C(CO)C1CCCCC1. The van der Waals surface area contributed by atoms with Crippen LogP contribution in [0.3, 0.4) is 0 Å². The Kier molecular flexibility index (Phi) is 3.73. The number of hydrogen-bond acceptors (Lipinski definition) is 2. The molecular weight excluding hydrogens is 150 g/mol. The van der Waals surface area contributed by atoms with Crippen molar-refractivity contribution in [2.24, 2.45) is 11.8 Å². The van der Waals surface area contributed by atoms with E-state index in [4.69, 9.17) is 10.5 Å². The Morgan fingerprint density at radius 3 is 2.42 bits per heavy atom. The zero-order valence-electron chi connectivity index (χ0n) is 7.84. The highest BCUT2D eigenvalue weighted by molar-refractivity contribution is 5.81. The van der Waals surface area contributed by atoms with E-state index in [0.29, 0.717) is 11.6 Å². The molecule has 0 heterocycles. The fraction of sp³-hybridized carbons (Fsp3) is 0.900. The average Bonchev–Trinajstić information content (AvgIpc) is 2.07. The molecule has 2 nitrogen and oxygen atoms in total. The molecule has 1 fully saturated rings. The number of hydrogen-bond donors (Lipinski definition) is 2. The molecule has 1 saturated carbocycles. The molecule has 0 bridgehead atoms. The highest BCUT2D eigenvalue weighted by Crippen LogP contribution is 2.30. The van der Waals surface area contributed by atoms with Gasteiger partial charge in [-0.05, 0) is 25.7 Å². The Bertz CT molecular complexity index is 150. The van der Waals surface area contributed by atoms with Crippen LogP contribution in [0.4, 0.5) is 0 Å². The van der Waals surface area contributed by atoms with Crippen LogP contribution in [0.25, 0.3) is 0 Å². The van der Waals surface area contributed by atoms with Crippen molar-refractivity contribution < 1.29 is 5.11 Å². The van der Waals surface area contributed by atoms with Gasteiger partial charge < -0.3 is 10.5 Å². The lowest BCUT2D eigenvalue weighted by Crippen LogP contribution is -2.26. The number of aliphatic hydroxyl groups excluding tert-OH is 1. The molecule has 70 valence electrons. The minimum absolute atomic E-state index is 0.144. The third-order valence-corrected chi connectivity index (χ3v) is 2.97. The van der Waals surface area contributed by atoms with Crippen molar-refractivity contribution in [3.8, 4) is 0 Å². The Hall–Kier alpha value is -0.370. The van der Waals surface area contributed by atoms with Gasteiger partial charge in [0.25, 0.3) is 0 Å². The second-order valence-corrected chi connectivity index (χ2v) is 3.87. The van der Waals surface area contributed by atoms with Crippen LogP contribution in [0, 0.1) is 17.2 Å². The van der Waals surface area contributed by atoms with Crippen LogP contribution >= 0.6 is 0 Å². The summed E-state index contributed by atoms with van der Waals surface area (Å²) in [6.07, 6.45) is 6.33. The summed E-state index contributed by atoms with van der Waals surface area (Å²) in [5.74, 6) is 0.728. The summed E-state index contributed by atoms with van der Waals surface area (Å²) >= 11 is 0. The lowest BCUT2D eigenvalue weighted by atomic mass is 9.78. The van der Waals surface area contributed by atoms with Gasteiger partial charge in [-0.25, -0.2) is 0 Å². The molecule has 1 unspecified atom stereocenters. The second kappa shape index (κ2) is 4.61. The normalized spacial score (nSPS) is 22.2. The molecule has 2 heteroatoms. The minimum atomic E-state index is 0.144.